The van der Waals surface area contributed by atoms with Gasteiger partial charge in [-0.2, -0.15) is 0 Å². The molecule has 0 spiro atoms. The molecule has 3 nitrogen and oxygen atoms in total. The summed E-state index contributed by atoms with van der Waals surface area (Å²) in [7, 11) is 4.17. The van der Waals surface area contributed by atoms with Gasteiger partial charge >= 0.3 is 0 Å². The molecular weight excluding hydrogens is 394 g/mol. The fourth-order valence-electron chi connectivity index (χ4n) is 3.42. The highest BCUT2D eigenvalue weighted by Crippen LogP contribution is 2.44. The van der Waals surface area contributed by atoms with Crippen molar-refractivity contribution in [3.63, 3.8) is 0 Å². The lowest BCUT2D eigenvalue weighted by molar-refractivity contribution is -0.671. The SMILES string of the molecule is CN1/C(=C\C=C\c2cc[n+](C)cc2-c2nc3ccccc3s2)Sc2ccccc21. The molecule has 1 aliphatic heterocycles. The Balaban J connectivity index is 1.48. The first-order valence-corrected chi connectivity index (χ1v) is 11.1. The van der Waals surface area contributed by atoms with E-state index in [0.717, 1.165) is 16.1 Å². The van der Waals surface area contributed by atoms with E-state index in [1.807, 2.05) is 13.1 Å². The maximum atomic E-state index is 4.85. The Hall–Kier alpha value is -2.89. The first-order valence-electron chi connectivity index (χ1n) is 9.43. The molecule has 0 unspecified atom stereocenters. The third-order valence-corrected chi connectivity index (χ3v) is 7.20. The monoisotopic (exact) mass is 414 g/mol. The van der Waals surface area contributed by atoms with Crippen molar-refractivity contribution in [2.45, 2.75) is 4.90 Å². The minimum absolute atomic E-state index is 1.05. The summed E-state index contributed by atoms with van der Waals surface area (Å²) in [4.78, 5) is 8.40. The van der Waals surface area contributed by atoms with E-state index < -0.39 is 0 Å². The lowest BCUT2D eigenvalue weighted by atomic mass is 10.1. The van der Waals surface area contributed by atoms with E-state index in [1.54, 1.807) is 23.1 Å². The molecule has 0 aliphatic carbocycles. The number of aryl methyl sites for hydroxylation is 1. The second kappa shape index (κ2) is 7.50. The number of thioether (sulfide) groups is 1. The van der Waals surface area contributed by atoms with Gasteiger partial charge in [-0.25, -0.2) is 9.55 Å². The van der Waals surface area contributed by atoms with E-state index in [1.165, 1.54) is 25.9 Å². The van der Waals surface area contributed by atoms with E-state index in [2.05, 4.69) is 95.7 Å². The molecule has 0 fully saturated rings. The van der Waals surface area contributed by atoms with Crippen LogP contribution in [0.15, 0.2) is 89.1 Å². The van der Waals surface area contributed by atoms with Crippen molar-refractivity contribution < 1.29 is 4.57 Å². The molecule has 1 aliphatic rings. The van der Waals surface area contributed by atoms with E-state index in [-0.39, 0.29) is 0 Å². The highest BCUT2D eigenvalue weighted by Gasteiger charge is 2.20. The van der Waals surface area contributed by atoms with Gasteiger partial charge in [0.05, 0.1) is 26.5 Å². The molecule has 2 aromatic heterocycles. The van der Waals surface area contributed by atoms with E-state index >= 15 is 0 Å². The molecule has 29 heavy (non-hydrogen) atoms. The van der Waals surface area contributed by atoms with Crippen molar-refractivity contribution in [1.29, 1.82) is 0 Å². The van der Waals surface area contributed by atoms with Gasteiger partial charge in [-0.3, -0.25) is 0 Å². The number of nitrogens with zero attached hydrogens (tertiary/aromatic N) is 3. The van der Waals surface area contributed by atoms with Gasteiger partial charge in [-0.15, -0.1) is 11.3 Å². The van der Waals surface area contributed by atoms with Crippen molar-refractivity contribution in [2.75, 3.05) is 11.9 Å². The van der Waals surface area contributed by atoms with E-state index in [0.29, 0.717) is 0 Å². The molecule has 4 aromatic rings. The van der Waals surface area contributed by atoms with Crippen LogP contribution < -0.4 is 9.47 Å². The summed E-state index contributed by atoms with van der Waals surface area (Å²) in [5.74, 6) is 0. The minimum Gasteiger partial charge on any atom is -0.338 e. The average Bonchev–Trinajstić information content (AvgIpc) is 3.31. The van der Waals surface area contributed by atoms with Crippen LogP contribution in [-0.2, 0) is 7.05 Å². The normalized spacial score (nSPS) is 15.0. The average molecular weight is 415 g/mol. The minimum atomic E-state index is 1.05. The molecule has 0 N–H and O–H groups in total. The second-order valence-electron chi connectivity index (χ2n) is 6.96. The molecule has 0 saturated carbocycles. The van der Waals surface area contributed by atoms with Crippen LogP contribution in [0.5, 0.6) is 0 Å². The van der Waals surface area contributed by atoms with Crippen molar-refractivity contribution in [1.82, 2.24) is 4.98 Å². The van der Waals surface area contributed by atoms with Crippen molar-refractivity contribution in [3.8, 4) is 10.6 Å². The molecule has 5 heteroatoms. The van der Waals surface area contributed by atoms with Crippen LogP contribution in [0.4, 0.5) is 5.69 Å². The van der Waals surface area contributed by atoms with Crippen LogP contribution >= 0.6 is 23.1 Å². The Kier molecular flexibility index (Phi) is 4.70. The van der Waals surface area contributed by atoms with Crippen molar-refractivity contribution in [3.05, 3.63) is 89.7 Å². The summed E-state index contributed by atoms with van der Waals surface area (Å²) < 4.78 is 3.29. The van der Waals surface area contributed by atoms with Crippen molar-refractivity contribution in [2.24, 2.45) is 7.05 Å². The molecule has 2 aromatic carbocycles. The molecule has 5 rings (SSSR count). The van der Waals surface area contributed by atoms with Crippen LogP contribution in [0.3, 0.4) is 0 Å². The summed E-state index contributed by atoms with van der Waals surface area (Å²) >= 11 is 3.54. The molecule has 0 amide bonds. The van der Waals surface area contributed by atoms with Crippen LogP contribution in [-0.4, -0.2) is 12.0 Å². The Bertz CT molecular complexity index is 1240. The Morgan fingerprint density at radius 3 is 2.72 bits per heavy atom. The topological polar surface area (TPSA) is 20.0 Å². The first kappa shape index (κ1) is 18.2. The van der Waals surface area contributed by atoms with Gasteiger partial charge in [0.15, 0.2) is 12.4 Å². The summed E-state index contributed by atoms with van der Waals surface area (Å²) in [6.07, 6.45) is 10.7. The van der Waals surface area contributed by atoms with Gasteiger partial charge in [0.1, 0.15) is 12.1 Å². The van der Waals surface area contributed by atoms with Gasteiger partial charge in [0, 0.05) is 18.0 Å². The largest absolute Gasteiger partial charge is 0.338 e. The summed E-state index contributed by atoms with van der Waals surface area (Å²) in [5.41, 5.74) is 4.64. The van der Waals surface area contributed by atoms with Gasteiger partial charge in [-0.05, 0) is 35.9 Å². The molecule has 142 valence electrons. The summed E-state index contributed by atoms with van der Waals surface area (Å²) in [5, 5.41) is 2.28. The van der Waals surface area contributed by atoms with Crippen LogP contribution in [0.1, 0.15) is 5.56 Å². The Labute approximate surface area is 178 Å². The predicted octanol–water partition coefficient (Wildman–Crippen LogP) is 5.88. The van der Waals surface area contributed by atoms with Gasteiger partial charge in [-0.1, -0.05) is 48.2 Å². The van der Waals surface area contributed by atoms with Gasteiger partial charge in [0.2, 0.25) is 0 Å². The maximum absolute atomic E-state index is 4.85. The zero-order valence-electron chi connectivity index (χ0n) is 16.2. The number of aromatic nitrogens is 2. The number of hydrogen-bond donors (Lipinski definition) is 0. The predicted molar refractivity (Wildman–Crippen MR) is 124 cm³/mol. The second-order valence-corrected chi connectivity index (χ2v) is 9.05. The molecule has 0 saturated heterocycles. The first-order chi connectivity index (χ1) is 14.2. The number of allylic oxidation sites excluding steroid dienone is 2. The highest BCUT2D eigenvalue weighted by molar-refractivity contribution is 8.03. The smallest absolute Gasteiger partial charge is 0.179 e. The number of thiazole rings is 1. The van der Waals surface area contributed by atoms with Crippen molar-refractivity contribution >= 4 is 45.1 Å². The van der Waals surface area contributed by atoms with E-state index in [4.69, 9.17) is 4.98 Å². The summed E-state index contributed by atoms with van der Waals surface area (Å²) in [6.45, 7) is 0. The lowest BCUT2D eigenvalue weighted by Crippen LogP contribution is -2.26. The number of hydrogen-bond acceptors (Lipinski definition) is 4. The third kappa shape index (κ3) is 3.48. The summed E-state index contributed by atoms with van der Waals surface area (Å²) in [6, 6.07) is 19.0. The Morgan fingerprint density at radius 2 is 1.86 bits per heavy atom. The molecule has 0 radical (unpaired) electrons. The molecule has 0 bridgehead atoms. The third-order valence-electron chi connectivity index (χ3n) is 4.94. The number of anilines is 1. The fourth-order valence-corrected chi connectivity index (χ4v) is 5.48. The fraction of sp³-hybridized carbons (Fsp3) is 0.0833. The zero-order valence-corrected chi connectivity index (χ0v) is 17.9. The van der Waals surface area contributed by atoms with Crippen LogP contribution in [0.25, 0.3) is 26.9 Å². The van der Waals surface area contributed by atoms with Gasteiger partial charge in [0.25, 0.3) is 0 Å². The van der Waals surface area contributed by atoms with Crippen LogP contribution in [0, 0.1) is 0 Å². The quantitative estimate of drug-likeness (QED) is 0.390. The zero-order chi connectivity index (χ0) is 19.8. The molecule has 0 atom stereocenters. The highest BCUT2D eigenvalue weighted by atomic mass is 32.2. The molecule has 3 heterocycles. The number of fused-ring (bicyclic) bond motifs is 2. The van der Waals surface area contributed by atoms with Gasteiger partial charge < -0.3 is 4.90 Å². The number of rotatable bonds is 3. The number of pyridine rings is 1. The van der Waals surface area contributed by atoms with Crippen LogP contribution in [0.2, 0.25) is 0 Å². The lowest BCUT2D eigenvalue weighted by Gasteiger charge is -2.12. The maximum Gasteiger partial charge on any atom is 0.179 e. The molecular formula is C24H20N3S2+. The Morgan fingerprint density at radius 1 is 1.03 bits per heavy atom. The standard InChI is InChI=1S/C24H20N3S2/c1-26-15-14-17(18(16-26)24-25-19-9-3-5-11-21(19)29-24)8-7-13-23-27(2)20-10-4-6-12-22(20)28-23/h3-16H,1-2H3/q+1. The number of para-hydroxylation sites is 2. The van der Waals surface area contributed by atoms with E-state index in [9.17, 15) is 0 Å². The number of benzene rings is 2.